The number of anilines is 2. The Labute approximate surface area is 125 Å². The van der Waals surface area contributed by atoms with Crippen LogP contribution in [0.5, 0.6) is 5.88 Å². The zero-order chi connectivity index (χ0) is 15.5. The molecule has 0 spiro atoms. The van der Waals surface area contributed by atoms with Gasteiger partial charge in [-0.2, -0.15) is 4.98 Å². The number of rotatable bonds is 4. The van der Waals surface area contributed by atoms with E-state index in [4.69, 9.17) is 10.5 Å². The summed E-state index contributed by atoms with van der Waals surface area (Å²) in [5.41, 5.74) is 7.20. The Morgan fingerprint density at radius 1 is 1.24 bits per heavy atom. The number of pyridine rings is 2. The summed E-state index contributed by atoms with van der Waals surface area (Å²) in [5, 5.41) is 3.32. The molecule has 5 heteroatoms. The molecule has 0 bridgehead atoms. The lowest BCUT2D eigenvalue weighted by Crippen LogP contribution is -2.24. The fourth-order valence-electron chi connectivity index (χ4n) is 1.84. The van der Waals surface area contributed by atoms with Crippen LogP contribution in [0.2, 0.25) is 0 Å². The van der Waals surface area contributed by atoms with Crippen LogP contribution in [0.1, 0.15) is 39.3 Å². The second kappa shape index (κ2) is 5.99. The van der Waals surface area contributed by atoms with Gasteiger partial charge in [0.05, 0.1) is 11.7 Å². The van der Waals surface area contributed by atoms with Crippen LogP contribution in [0.3, 0.4) is 0 Å². The first-order valence-electron chi connectivity index (χ1n) is 6.97. The minimum atomic E-state index is -0.339. The lowest BCUT2D eigenvalue weighted by Gasteiger charge is -2.22. The number of aromatic nitrogens is 2. The molecule has 21 heavy (non-hydrogen) atoms. The third kappa shape index (κ3) is 4.34. The number of nitrogen functional groups attached to an aromatic ring is 1. The van der Waals surface area contributed by atoms with Crippen molar-refractivity contribution in [1.82, 2.24) is 9.97 Å². The predicted octanol–water partition coefficient (Wildman–Crippen LogP) is 3.41. The first-order valence-corrected chi connectivity index (χ1v) is 6.97. The molecule has 2 heterocycles. The molecule has 0 amide bonds. The molecule has 2 rings (SSSR count). The zero-order valence-corrected chi connectivity index (χ0v) is 12.9. The molecule has 0 saturated carbocycles. The molecule has 5 nitrogen and oxygen atoms in total. The second-order valence-corrected chi connectivity index (χ2v) is 5.96. The van der Waals surface area contributed by atoms with Gasteiger partial charge in [0.1, 0.15) is 11.4 Å². The van der Waals surface area contributed by atoms with Crippen LogP contribution < -0.4 is 15.8 Å². The number of nitrogens with zero attached hydrogens (tertiary/aromatic N) is 2. The summed E-state index contributed by atoms with van der Waals surface area (Å²) in [7, 11) is 0. The average Bonchev–Trinajstić information content (AvgIpc) is 2.42. The predicted molar refractivity (Wildman–Crippen MR) is 85.3 cm³/mol. The minimum absolute atomic E-state index is 0.0947. The fraction of sp³-hybridized carbons (Fsp3) is 0.375. The van der Waals surface area contributed by atoms with E-state index < -0.39 is 0 Å². The Kier molecular flexibility index (Phi) is 4.31. The summed E-state index contributed by atoms with van der Waals surface area (Å²) in [6, 6.07) is 7.67. The van der Waals surface area contributed by atoms with Crippen LogP contribution in [0.25, 0.3) is 0 Å². The van der Waals surface area contributed by atoms with Crippen LogP contribution in [0, 0.1) is 0 Å². The van der Waals surface area contributed by atoms with E-state index in [1.165, 1.54) is 0 Å². The van der Waals surface area contributed by atoms with Crippen LogP contribution in [-0.2, 0) is 0 Å². The van der Waals surface area contributed by atoms with Crippen molar-refractivity contribution >= 4 is 11.5 Å². The Morgan fingerprint density at radius 2 is 2.00 bits per heavy atom. The smallest absolute Gasteiger partial charge is 0.239 e. The van der Waals surface area contributed by atoms with Gasteiger partial charge in [0, 0.05) is 12.4 Å². The summed E-state index contributed by atoms with van der Waals surface area (Å²) < 4.78 is 5.77. The Bertz CT molecular complexity index is 593. The molecule has 0 aliphatic carbocycles. The van der Waals surface area contributed by atoms with Gasteiger partial charge in [0.2, 0.25) is 5.88 Å². The molecule has 0 radical (unpaired) electrons. The van der Waals surface area contributed by atoms with Gasteiger partial charge < -0.3 is 15.8 Å². The van der Waals surface area contributed by atoms with Crippen LogP contribution >= 0.6 is 0 Å². The Morgan fingerprint density at radius 3 is 2.62 bits per heavy atom. The average molecular weight is 286 g/mol. The van der Waals surface area contributed by atoms with Crippen LogP contribution in [-0.4, -0.2) is 15.6 Å². The molecule has 0 aromatic carbocycles. The largest absolute Gasteiger partial charge is 0.470 e. The van der Waals surface area contributed by atoms with Crippen LogP contribution in [0.4, 0.5) is 11.5 Å². The molecule has 0 aliphatic rings. The molecular formula is C16H22N4O. The number of ether oxygens (including phenoxy) is 1. The molecule has 2 aromatic rings. The fourth-order valence-corrected chi connectivity index (χ4v) is 1.84. The highest BCUT2D eigenvalue weighted by molar-refractivity contribution is 5.54. The minimum Gasteiger partial charge on any atom is -0.470 e. The normalized spacial score (nSPS) is 12.8. The second-order valence-electron chi connectivity index (χ2n) is 5.96. The van der Waals surface area contributed by atoms with Crippen molar-refractivity contribution in [2.45, 2.75) is 39.3 Å². The molecule has 3 N–H and O–H groups in total. The van der Waals surface area contributed by atoms with Crippen molar-refractivity contribution in [3.8, 4) is 5.88 Å². The van der Waals surface area contributed by atoms with Crippen molar-refractivity contribution in [2.24, 2.45) is 0 Å². The SMILES string of the molecule is CC(Nc1ccc(N)c(OC(C)(C)C)n1)c1cccnc1. The molecule has 1 unspecified atom stereocenters. The topological polar surface area (TPSA) is 73.1 Å². The number of hydrogen-bond acceptors (Lipinski definition) is 5. The molecule has 0 fully saturated rings. The van der Waals surface area contributed by atoms with E-state index in [1.54, 1.807) is 12.3 Å². The quantitative estimate of drug-likeness (QED) is 0.901. The third-order valence-electron chi connectivity index (χ3n) is 2.84. The van der Waals surface area contributed by atoms with Crippen molar-refractivity contribution in [1.29, 1.82) is 0 Å². The van der Waals surface area contributed by atoms with E-state index >= 15 is 0 Å². The standard InChI is InChI=1S/C16H22N4O/c1-11(12-6-5-9-18-10-12)19-14-8-7-13(17)15(20-14)21-16(2,3)4/h5-11H,17H2,1-4H3,(H,19,20). The summed E-state index contributed by atoms with van der Waals surface area (Å²) in [6.45, 7) is 7.95. The number of hydrogen-bond donors (Lipinski definition) is 2. The van der Waals surface area contributed by atoms with Crippen molar-refractivity contribution in [3.63, 3.8) is 0 Å². The molecule has 112 valence electrons. The first-order chi connectivity index (χ1) is 9.85. The van der Waals surface area contributed by atoms with E-state index in [1.807, 2.05) is 45.2 Å². The monoisotopic (exact) mass is 286 g/mol. The summed E-state index contributed by atoms with van der Waals surface area (Å²) in [4.78, 5) is 8.57. The van der Waals surface area contributed by atoms with Gasteiger partial charge >= 0.3 is 0 Å². The molecule has 0 saturated heterocycles. The van der Waals surface area contributed by atoms with E-state index in [-0.39, 0.29) is 11.6 Å². The van der Waals surface area contributed by atoms with E-state index in [0.717, 1.165) is 11.4 Å². The molecule has 0 aliphatic heterocycles. The highest BCUT2D eigenvalue weighted by Crippen LogP contribution is 2.26. The van der Waals surface area contributed by atoms with Gasteiger partial charge in [-0.25, -0.2) is 0 Å². The Hall–Kier alpha value is -2.30. The summed E-state index contributed by atoms with van der Waals surface area (Å²) in [6.07, 6.45) is 3.59. The summed E-state index contributed by atoms with van der Waals surface area (Å²) in [5.74, 6) is 1.17. The molecule has 1 atom stereocenters. The van der Waals surface area contributed by atoms with Gasteiger partial charge in [0.15, 0.2) is 0 Å². The molecular weight excluding hydrogens is 264 g/mol. The zero-order valence-electron chi connectivity index (χ0n) is 12.9. The van der Waals surface area contributed by atoms with Crippen molar-refractivity contribution < 1.29 is 4.74 Å². The van der Waals surface area contributed by atoms with E-state index in [2.05, 4.69) is 22.2 Å². The maximum atomic E-state index is 5.91. The Balaban J connectivity index is 2.16. The van der Waals surface area contributed by atoms with Gasteiger partial charge in [-0.15, -0.1) is 0 Å². The number of nitrogens with one attached hydrogen (secondary N) is 1. The van der Waals surface area contributed by atoms with Gasteiger partial charge in [-0.1, -0.05) is 6.07 Å². The van der Waals surface area contributed by atoms with Gasteiger partial charge in [-0.05, 0) is 51.5 Å². The maximum Gasteiger partial charge on any atom is 0.239 e. The maximum absolute atomic E-state index is 5.91. The highest BCUT2D eigenvalue weighted by atomic mass is 16.5. The van der Waals surface area contributed by atoms with Crippen LogP contribution in [0.15, 0.2) is 36.7 Å². The van der Waals surface area contributed by atoms with E-state index in [9.17, 15) is 0 Å². The lowest BCUT2D eigenvalue weighted by atomic mass is 10.1. The third-order valence-corrected chi connectivity index (χ3v) is 2.84. The van der Waals surface area contributed by atoms with Gasteiger partial charge in [0.25, 0.3) is 0 Å². The first kappa shape index (κ1) is 15.1. The van der Waals surface area contributed by atoms with Gasteiger partial charge in [-0.3, -0.25) is 4.98 Å². The summed E-state index contributed by atoms with van der Waals surface area (Å²) >= 11 is 0. The molecule has 2 aromatic heterocycles. The van der Waals surface area contributed by atoms with Crippen molar-refractivity contribution in [2.75, 3.05) is 11.1 Å². The highest BCUT2D eigenvalue weighted by Gasteiger charge is 2.16. The lowest BCUT2D eigenvalue weighted by molar-refractivity contribution is 0.125. The van der Waals surface area contributed by atoms with E-state index in [0.29, 0.717) is 11.6 Å². The number of nitrogens with two attached hydrogens (primary N) is 1. The van der Waals surface area contributed by atoms with Crippen molar-refractivity contribution in [3.05, 3.63) is 42.2 Å².